The Labute approximate surface area is 86.0 Å². The predicted molar refractivity (Wildman–Crippen MR) is 58.0 cm³/mol. The van der Waals surface area contributed by atoms with Crippen LogP contribution >= 0.6 is 0 Å². The van der Waals surface area contributed by atoms with Crippen LogP contribution in [0.25, 0.3) is 0 Å². The molecule has 0 aliphatic rings. The zero-order valence-electron chi connectivity index (χ0n) is 9.20. The molecule has 1 heterocycles. The van der Waals surface area contributed by atoms with Crippen LogP contribution < -0.4 is 0 Å². The van der Waals surface area contributed by atoms with Crippen LogP contribution in [-0.2, 0) is 0 Å². The normalized spacial score (nSPS) is 13.2. The van der Waals surface area contributed by atoms with Gasteiger partial charge in [0.2, 0.25) is 0 Å². The number of aromatic nitrogens is 1. The summed E-state index contributed by atoms with van der Waals surface area (Å²) in [6, 6.07) is 5.79. The number of rotatable bonds is 4. The lowest BCUT2D eigenvalue weighted by Crippen LogP contribution is -2.12. The van der Waals surface area contributed by atoms with Crippen LogP contribution in [0.1, 0.15) is 44.2 Å². The first-order valence-corrected chi connectivity index (χ1v) is 5.30. The Hall–Kier alpha value is -0.890. The number of hydrogen-bond acceptors (Lipinski definition) is 2. The molecule has 0 saturated carbocycles. The second-order valence-electron chi connectivity index (χ2n) is 3.73. The van der Waals surface area contributed by atoms with Gasteiger partial charge in [-0.1, -0.05) is 32.8 Å². The highest BCUT2D eigenvalue weighted by Gasteiger charge is 2.18. The average Bonchev–Trinajstić information content (AvgIpc) is 2.19. The van der Waals surface area contributed by atoms with Gasteiger partial charge < -0.3 is 5.11 Å². The van der Waals surface area contributed by atoms with E-state index in [1.54, 1.807) is 0 Å². The number of pyridine rings is 1. The summed E-state index contributed by atoms with van der Waals surface area (Å²) in [5, 5.41) is 10.0. The third-order valence-electron chi connectivity index (χ3n) is 2.71. The molecule has 0 amide bonds. The van der Waals surface area contributed by atoms with Crippen molar-refractivity contribution in [2.24, 2.45) is 5.92 Å². The molecule has 0 aliphatic carbocycles. The minimum Gasteiger partial charge on any atom is -0.387 e. The molecule has 0 spiro atoms. The Bertz CT molecular complexity index is 281. The van der Waals surface area contributed by atoms with Gasteiger partial charge in [-0.15, -0.1) is 0 Å². The van der Waals surface area contributed by atoms with Gasteiger partial charge in [0, 0.05) is 5.69 Å². The molecule has 0 radical (unpaired) electrons. The minimum absolute atomic E-state index is 0.323. The van der Waals surface area contributed by atoms with Crippen LogP contribution in [0.4, 0.5) is 0 Å². The fourth-order valence-corrected chi connectivity index (χ4v) is 1.71. The van der Waals surface area contributed by atoms with E-state index < -0.39 is 6.10 Å². The summed E-state index contributed by atoms with van der Waals surface area (Å²) in [5.41, 5.74) is 1.77. The van der Waals surface area contributed by atoms with Gasteiger partial charge in [-0.3, -0.25) is 4.98 Å². The maximum Gasteiger partial charge on any atom is 0.0987 e. The average molecular weight is 193 g/mol. The maximum absolute atomic E-state index is 10.0. The van der Waals surface area contributed by atoms with E-state index in [2.05, 4.69) is 18.8 Å². The van der Waals surface area contributed by atoms with Crippen LogP contribution in [0.15, 0.2) is 18.2 Å². The lowest BCUT2D eigenvalue weighted by molar-refractivity contribution is 0.0990. The summed E-state index contributed by atoms with van der Waals surface area (Å²) in [7, 11) is 0. The van der Waals surface area contributed by atoms with Crippen molar-refractivity contribution in [3.63, 3.8) is 0 Å². The molecule has 0 aromatic carbocycles. The highest BCUT2D eigenvalue weighted by Crippen LogP contribution is 2.25. The second kappa shape index (κ2) is 5.11. The first kappa shape index (κ1) is 11.2. The predicted octanol–water partition coefficient (Wildman–Crippen LogP) is 2.86. The fourth-order valence-electron chi connectivity index (χ4n) is 1.71. The lowest BCUT2D eigenvalue weighted by atomic mass is 9.94. The van der Waals surface area contributed by atoms with Crippen molar-refractivity contribution in [2.45, 2.75) is 39.7 Å². The van der Waals surface area contributed by atoms with Gasteiger partial charge >= 0.3 is 0 Å². The van der Waals surface area contributed by atoms with Crippen molar-refractivity contribution in [2.75, 3.05) is 0 Å². The van der Waals surface area contributed by atoms with Crippen LogP contribution in [0.5, 0.6) is 0 Å². The van der Waals surface area contributed by atoms with Gasteiger partial charge in [0.15, 0.2) is 0 Å². The van der Waals surface area contributed by atoms with Gasteiger partial charge in [0.25, 0.3) is 0 Å². The molecule has 1 aromatic heterocycles. The standard InChI is InChI=1S/C12H19NO/c1-4-10(5-2)12(14)11-8-6-7-9(3)13-11/h6-8,10,12,14H,4-5H2,1-3H3. The van der Waals surface area contributed by atoms with E-state index >= 15 is 0 Å². The van der Waals surface area contributed by atoms with Gasteiger partial charge in [0.05, 0.1) is 11.8 Å². The van der Waals surface area contributed by atoms with Crippen LogP contribution in [-0.4, -0.2) is 10.1 Å². The van der Waals surface area contributed by atoms with Gasteiger partial charge in [0.1, 0.15) is 0 Å². The smallest absolute Gasteiger partial charge is 0.0987 e. The molecule has 0 saturated heterocycles. The number of aliphatic hydroxyl groups excluding tert-OH is 1. The summed E-state index contributed by atoms with van der Waals surface area (Å²) >= 11 is 0. The Balaban J connectivity index is 2.82. The summed E-state index contributed by atoms with van der Waals surface area (Å²) < 4.78 is 0. The van der Waals surface area contributed by atoms with Crippen LogP contribution in [0.2, 0.25) is 0 Å². The molecule has 78 valence electrons. The molecular formula is C12H19NO. The number of aliphatic hydroxyl groups is 1. The van der Waals surface area contributed by atoms with Crippen molar-refractivity contribution in [1.29, 1.82) is 0 Å². The molecule has 1 unspecified atom stereocenters. The molecule has 1 atom stereocenters. The Morgan fingerprint density at radius 3 is 2.43 bits per heavy atom. The number of aryl methyl sites for hydroxylation is 1. The van der Waals surface area contributed by atoms with Crippen molar-refractivity contribution in [3.05, 3.63) is 29.6 Å². The first-order chi connectivity index (χ1) is 6.69. The summed E-state index contributed by atoms with van der Waals surface area (Å²) in [6.45, 7) is 6.16. The topological polar surface area (TPSA) is 33.1 Å². The zero-order valence-corrected chi connectivity index (χ0v) is 9.20. The largest absolute Gasteiger partial charge is 0.387 e. The van der Waals surface area contributed by atoms with Gasteiger partial charge in [-0.2, -0.15) is 0 Å². The van der Waals surface area contributed by atoms with Crippen molar-refractivity contribution >= 4 is 0 Å². The molecule has 1 aromatic rings. The minimum atomic E-state index is -0.412. The Kier molecular flexibility index (Phi) is 4.08. The Morgan fingerprint density at radius 2 is 1.93 bits per heavy atom. The molecule has 1 rings (SSSR count). The van der Waals surface area contributed by atoms with Crippen LogP contribution in [0.3, 0.4) is 0 Å². The van der Waals surface area contributed by atoms with Gasteiger partial charge in [-0.25, -0.2) is 0 Å². The van der Waals surface area contributed by atoms with E-state index in [4.69, 9.17) is 0 Å². The third kappa shape index (κ3) is 2.55. The molecule has 2 heteroatoms. The number of hydrogen-bond donors (Lipinski definition) is 1. The Morgan fingerprint density at radius 1 is 1.29 bits per heavy atom. The van der Waals surface area contributed by atoms with E-state index in [1.165, 1.54) is 0 Å². The second-order valence-corrected chi connectivity index (χ2v) is 3.73. The maximum atomic E-state index is 10.0. The zero-order chi connectivity index (χ0) is 10.6. The molecule has 0 aliphatic heterocycles. The van der Waals surface area contributed by atoms with Gasteiger partial charge in [-0.05, 0) is 25.0 Å². The van der Waals surface area contributed by atoms with Crippen molar-refractivity contribution in [3.8, 4) is 0 Å². The molecule has 2 nitrogen and oxygen atoms in total. The lowest BCUT2D eigenvalue weighted by Gasteiger charge is -2.19. The van der Waals surface area contributed by atoms with Crippen LogP contribution in [0, 0.1) is 12.8 Å². The molecule has 0 fully saturated rings. The first-order valence-electron chi connectivity index (χ1n) is 5.30. The summed E-state index contributed by atoms with van der Waals surface area (Å²) in [4.78, 5) is 4.34. The molecule has 0 bridgehead atoms. The van der Waals surface area contributed by atoms with E-state index in [0.29, 0.717) is 5.92 Å². The summed E-state index contributed by atoms with van der Waals surface area (Å²) in [5.74, 6) is 0.323. The molecule has 1 N–H and O–H groups in total. The quantitative estimate of drug-likeness (QED) is 0.797. The van der Waals surface area contributed by atoms with E-state index in [1.807, 2.05) is 25.1 Å². The highest BCUT2D eigenvalue weighted by molar-refractivity contribution is 5.12. The summed E-state index contributed by atoms with van der Waals surface area (Å²) in [6.07, 6.45) is 1.57. The molecular weight excluding hydrogens is 174 g/mol. The highest BCUT2D eigenvalue weighted by atomic mass is 16.3. The van der Waals surface area contributed by atoms with E-state index in [0.717, 1.165) is 24.2 Å². The fraction of sp³-hybridized carbons (Fsp3) is 0.583. The third-order valence-corrected chi connectivity index (χ3v) is 2.71. The number of nitrogens with zero attached hydrogens (tertiary/aromatic N) is 1. The van der Waals surface area contributed by atoms with Crippen molar-refractivity contribution < 1.29 is 5.11 Å². The van der Waals surface area contributed by atoms with E-state index in [-0.39, 0.29) is 0 Å². The van der Waals surface area contributed by atoms with Crippen molar-refractivity contribution in [1.82, 2.24) is 4.98 Å². The SMILES string of the molecule is CCC(CC)C(O)c1cccc(C)n1. The monoisotopic (exact) mass is 193 g/mol. The molecule has 14 heavy (non-hydrogen) atoms. The van der Waals surface area contributed by atoms with E-state index in [9.17, 15) is 5.11 Å².